The van der Waals surface area contributed by atoms with Gasteiger partial charge in [0.1, 0.15) is 5.82 Å². The average Bonchev–Trinajstić information content (AvgIpc) is 2.83. The monoisotopic (exact) mass is 274 g/mol. The minimum Gasteiger partial charge on any atom is -0.342 e. The SMILES string of the molecule is CCc1ccc2nc(CCNCCCN(C)C)[nH]c2c1. The van der Waals surface area contributed by atoms with Crippen molar-refractivity contribution in [3.8, 4) is 0 Å². The van der Waals surface area contributed by atoms with Crippen LogP contribution in [0, 0.1) is 0 Å². The molecule has 0 spiro atoms. The highest BCUT2D eigenvalue weighted by Crippen LogP contribution is 2.14. The van der Waals surface area contributed by atoms with E-state index in [4.69, 9.17) is 0 Å². The van der Waals surface area contributed by atoms with E-state index in [2.05, 4.69) is 59.4 Å². The lowest BCUT2D eigenvalue weighted by molar-refractivity contribution is 0.395. The summed E-state index contributed by atoms with van der Waals surface area (Å²) in [5, 5.41) is 3.47. The van der Waals surface area contributed by atoms with Crippen molar-refractivity contribution in [1.82, 2.24) is 20.2 Å². The van der Waals surface area contributed by atoms with Crippen molar-refractivity contribution in [2.45, 2.75) is 26.2 Å². The van der Waals surface area contributed by atoms with Gasteiger partial charge in [-0.1, -0.05) is 13.0 Å². The molecule has 2 N–H and O–H groups in total. The van der Waals surface area contributed by atoms with Crippen LogP contribution in [0.15, 0.2) is 18.2 Å². The van der Waals surface area contributed by atoms with Crippen LogP contribution in [0.2, 0.25) is 0 Å². The molecule has 1 aromatic heterocycles. The Balaban J connectivity index is 1.78. The Morgan fingerprint density at radius 3 is 2.85 bits per heavy atom. The lowest BCUT2D eigenvalue weighted by atomic mass is 10.1. The largest absolute Gasteiger partial charge is 0.342 e. The van der Waals surface area contributed by atoms with Crippen LogP contribution in [-0.2, 0) is 12.8 Å². The summed E-state index contributed by atoms with van der Waals surface area (Å²) in [5.41, 5.74) is 3.59. The van der Waals surface area contributed by atoms with Gasteiger partial charge in [0.2, 0.25) is 0 Å². The number of hydrogen-bond donors (Lipinski definition) is 2. The molecule has 0 fully saturated rings. The van der Waals surface area contributed by atoms with Crippen LogP contribution >= 0.6 is 0 Å². The van der Waals surface area contributed by atoms with Crippen LogP contribution in [0.25, 0.3) is 11.0 Å². The lowest BCUT2D eigenvalue weighted by Crippen LogP contribution is -2.23. The van der Waals surface area contributed by atoms with E-state index in [9.17, 15) is 0 Å². The van der Waals surface area contributed by atoms with Crippen molar-refractivity contribution in [2.24, 2.45) is 0 Å². The van der Waals surface area contributed by atoms with Crippen molar-refractivity contribution in [3.63, 3.8) is 0 Å². The Labute approximate surface area is 121 Å². The second-order valence-electron chi connectivity index (χ2n) is 5.55. The topological polar surface area (TPSA) is 44.0 Å². The second-order valence-corrected chi connectivity index (χ2v) is 5.55. The molecule has 4 heteroatoms. The molecule has 2 aromatic rings. The predicted octanol–water partition coefficient (Wildman–Crippen LogP) is 2.21. The molecule has 0 bridgehead atoms. The number of H-pyrrole nitrogens is 1. The predicted molar refractivity (Wildman–Crippen MR) is 85.2 cm³/mol. The number of rotatable bonds is 8. The van der Waals surface area contributed by atoms with Gasteiger partial charge in [0.15, 0.2) is 0 Å². The lowest BCUT2D eigenvalue weighted by Gasteiger charge is -2.09. The molecule has 1 aromatic carbocycles. The van der Waals surface area contributed by atoms with Gasteiger partial charge >= 0.3 is 0 Å². The van der Waals surface area contributed by atoms with Gasteiger partial charge in [-0.15, -0.1) is 0 Å². The zero-order valence-corrected chi connectivity index (χ0v) is 12.9. The first kappa shape index (κ1) is 15.0. The molecule has 4 nitrogen and oxygen atoms in total. The third-order valence-corrected chi connectivity index (χ3v) is 3.50. The van der Waals surface area contributed by atoms with Gasteiger partial charge in [-0.2, -0.15) is 0 Å². The van der Waals surface area contributed by atoms with Crippen LogP contribution in [0.3, 0.4) is 0 Å². The van der Waals surface area contributed by atoms with E-state index in [1.165, 1.54) is 12.0 Å². The van der Waals surface area contributed by atoms with Gasteiger partial charge < -0.3 is 15.2 Å². The summed E-state index contributed by atoms with van der Waals surface area (Å²) >= 11 is 0. The van der Waals surface area contributed by atoms with Crippen molar-refractivity contribution >= 4 is 11.0 Å². The molecule has 0 aliphatic rings. The summed E-state index contributed by atoms with van der Waals surface area (Å²) < 4.78 is 0. The number of hydrogen-bond acceptors (Lipinski definition) is 3. The maximum Gasteiger partial charge on any atom is 0.108 e. The molecule has 0 aliphatic carbocycles. The Morgan fingerprint density at radius 1 is 1.25 bits per heavy atom. The minimum atomic E-state index is 0.956. The number of imidazole rings is 1. The summed E-state index contributed by atoms with van der Waals surface area (Å²) in [6, 6.07) is 6.47. The van der Waals surface area contributed by atoms with E-state index in [0.717, 1.165) is 49.3 Å². The molecular weight excluding hydrogens is 248 g/mol. The Kier molecular flexibility index (Phi) is 5.56. The maximum absolute atomic E-state index is 4.63. The van der Waals surface area contributed by atoms with Gasteiger partial charge in [-0.05, 0) is 57.7 Å². The van der Waals surface area contributed by atoms with E-state index < -0.39 is 0 Å². The molecule has 0 saturated carbocycles. The van der Waals surface area contributed by atoms with Crippen molar-refractivity contribution in [1.29, 1.82) is 0 Å². The molecule has 1 heterocycles. The first-order valence-electron chi connectivity index (χ1n) is 7.52. The molecule has 0 radical (unpaired) electrons. The summed E-state index contributed by atoms with van der Waals surface area (Å²) in [7, 11) is 4.22. The first-order valence-corrected chi connectivity index (χ1v) is 7.52. The molecule has 0 amide bonds. The highest BCUT2D eigenvalue weighted by molar-refractivity contribution is 5.75. The Hall–Kier alpha value is -1.39. The van der Waals surface area contributed by atoms with Crippen molar-refractivity contribution in [2.75, 3.05) is 33.7 Å². The van der Waals surface area contributed by atoms with E-state index in [1.807, 2.05) is 0 Å². The van der Waals surface area contributed by atoms with Crippen LogP contribution in [0.4, 0.5) is 0 Å². The standard InChI is InChI=1S/C16H26N4/c1-4-13-6-7-14-15(12-13)19-16(18-14)8-10-17-9-5-11-20(2)3/h6-7,12,17H,4-5,8-11H2,1-3H3,(H,18,19). The normalized spacial score (nSPS) is 11.6. The quantitative estimate of drug-likeness (QED) is 0.725. The zero-order valence-electron chi connectivity index (χ0n) is 12.9. The minimum absolute atomic E-state index is 0.956. The number of benzene rings is 1. The Bertz CT molecular complexity index is 530. The van der Waals surface area contributed by atoms with Crippen LogP contribution < -0.4 is 5.32 Å². The van der Waals surface area contributed by atoms with E-state index in [0.29, 0.717) is 0 Å². The summed E-state index contributed by atoms with van der Waals surface area (Å²) in [5.74, 6) is 1.08. The average molecular weight is 274 g/mol. The summed E-state index contributed by atoms with van der Waals surface area (Å²) in [4.78, 5) is 10.3. The number of nitrogens with zero attached hydrogens (tertiary/aromatic N) is 2. The smallest absolute Gasteiger partial charge is 0.108 e. The van der Waals surface area contributed by atoms with Gasteiger partial charge in [-0.25, -0.2) is 4.98 Å². The fraction of sp³-hybridized carbons (Fsp3) is 0.562. The fourth-order valence-electron chi connectivity index (χ4n) is 2.30. The summed E-state index contributed by atoms with van der Waals surface area (Å²) in [6.45, 7) is 5.36. The van der Waals surface area contributed by atoms with Crippen LogP contribution in [-0.4, -0.2) is 48.6 Å². The van der Waals surface area contributed by atoms with Crippen molar-refractivity contribution in [3.05, 3.63) is 29.6 Å². The molecule has 110 valence electrons. The number of aromatic amines is 1. The molecule has 0 aliphatic heterocycles. The number of aromatic nitrogens is 2. The number of nitrogens with one attached hydrogen (secondary N) is 2. The third-order valence-electron chi connectivity index (χ3n) is 3.50. The fourth-order valence-corrected chi connectivity index (χ4v) is 2.30. The second kappa shape index (κ2) is 7.41. The first-order chi connectivity index (χ1) is 9.69. The van der Waals surface area contributed by atoms with E-state index >= 15 is 0 Å². The van der Waals surface area contributed by atoms with Gasteiger partial charge in [0.25, 0.3) is 0 Å². The molecule has 2 rings (SSSR count). The van der Waals surface area contributed by atoms with E-state index in [-0.39, 0.29) is 0 Å². The summed E-state index contributed by atoms with van der Waals surface area (Å²) in [6.07, 6.45) is 3.21. The molecular formula is C16H26N4. The van der Waals surface area contributed by atoms with Crippen LogP contribution in [0.1, 0.15) is 24.7 Å². The maximum atomic E-state index is 4.63. The molecule has 20 heavy (non-hydrogen) atoms. The molecule has 0 atom stereocenters. The highest BCUT2D eigenvalue weighted by Gasteiger charge is 2.03. The number of fused-ring (bicyclic) bond motifs is 1. The number of aryl methyl sites for hydroxylation is 1. The van der Waals surface area contributed by atoms with Gasteiger partial charge in [0, 0.05) is 13.0 Å². The zero-order chi connectivity index (χ0) is 14.4. The van der Waals surface area contributed by atoms with Crippen molar-refractivity contribution < 1.29 is 0 Å². The van der Waals surface area contributed by atoms with Crippen LogP contribution in [0.5, 0.6) is 0 Å². The molecule has 0 saturated heterocycles. The van der Waals surface area contributed by atoms with Gasteiger partial charge in [0.05, 0.1) is 11.0 Å². The highest BCUT2D eigenvalue weighted by atomic mass is 15.1. The molecule has 0 unspecified atom stereocenters. The van der Waals surface area contributed by atoms with E-state index in [1.54, 1.807) is 0 Å². The van der Waals surface area contributed by atoms with Gasteiger partial charge in [-0.3, -0.25) is 0 Å². The third kappa shape index (κ3) is 4.32. The Morgan fingerprint density at radius 2 is 2.10 bits per heavy atom.